The molecule has 0 fully saturated rings. The van der Waals surface area contributed by atoms with Crippen LogP contribution in [-0.4, -0.2) is 42.6 Å². The van der Waals surface area contributed by atoms with E-state index < -0.39 is 0 Å². The molecule has 2 amide bonds. The Morgan fingerprint density at radius 2 is 1.70 bits per heavy atom. The highest BCUT2D eigenvalue weighted by molar-refractivity contribution is 6.36. The fourth-order valence-corrected chi connectivity index (χ4v) is 3.25. The van der Waals surface area contributed by atoms with E-state index in [4.69, 9.17) is 9.47 Å². The first-order chi connectivity index (χ1) is 14.4. The summed E-state index contributed by atoms with van der Waals surface area (Å²) in [5.41, 5.74) is 3.02. The molecule has 6 nitrogen and oxygen atoms in total. The van der Waals surface area contributed by atoms with Crippen LogP contribution >= 0.6 is 0 Å². The van der Waals surface area contributed by atoms with Gasteiger partial charge in [-0.1, -0.05) is 42.0 Å². The molecule has 0 aromatic heterocycles. The summed E-state index contributed by atoms with van der Waals surface area (Å²) in [6, 6.07) is 14.9. The zero-order valence-electron chi connectivity index (χ0n) is 17.9. The third-order valence-electron chi connectivity index (χ3n) is 4.72. The maximum atomic E-state index is 13.2. The normalized spacial score (nSPS) is 14.1. The predicted molar refractivity (Wildman–Crippen MR) is 117 cm³/mol. The van der Waals surface area contributed by atoms with E-state index >= 15 is 0 Å². The first-order valence-corrected chi connectivity index (χ1v) is 10.2. The minimum Gasteiger partial charge on any atom is -0.492 e. The second kappa shape index (κ2) is 9.59. The van der Waals surface area contributed by atoms with E-state index in [1.807, 2.05) is 76.2 Å². The zero-order chi connectivity index (χ0) is 21.7. The van der Waals surface area contributed by atoms with Crippen molar-refractivity contribution >= 4 is 23.1 Å². The van der Waals surface area contributed by atoms with Gasteiger partial charge in [0.1, 0.15) is 11.4 Å². The maximum absolute atomic E-state index is 13.2. The topological polar surface area (TPSA) is 67.9 Å². The van der Waals surface area contributed by atoms with E-state index in [9.17, 15) is 9.59 Å². The summed E-state index contributed by atoms with van der Waals surface area (Å²) < 4.78 is 11.2. The Balaban J connectivity index is 1.98. The van der Waals surface area contributed by atoms with Gasteiger partial charge in [-0.15, -0.1) is 0 Å². The molecule has 3 rings (SSSR count). The molecule has 0 bridgehead atoms. The Labute approximate surface area is 177 Å². The molecule has 2 aromatic carbocycles. The van der Waals surface area contributed by atoms with Gasteiger partial charge in [-0.2, -0.15) is 0 Å². The van der Waals surface area contributed by atoms with Gasteiger partial charge in [0.05, 0.1) is 37.1 Å². The molecule has 0 saturated heterocycles. The molecule has 6 heteroatoms. The first-order valence-electron chi connectivity index (χ1n) is 10.2. The van der Waals surface area contributed by atoms with Gasteiger partial charge in [0, 0.05) is 0 Å². The number of nitrogens with one attached hydrogen (secondary N) is 1. The van der Waals surface area contributed by atoms with Crippen LogP contribution in [0, 0.1) is 6.92 Å². The average molecular weight is 408 g/mol. The molecule has 0 aliphatic carbocycles. The lowest BCUT2D eigenvalue weighted by Crippen LogP contribution is -2.35. The van der Waals surface area contributed by atoms with Gasteiger partial charge in [0.15, 0.2) is 0 Å². The molecular formula is C24H28N2O4. The molecule has 158 valence electrons. The van der Waals surface area contributed by atoms with Crippen LogP contribution in [0.25, 0.3) is 5.57 Å². The van der Waals surface area contributed by atoms with Crippen LogP contribution in [0.15, 0.2) is 54.2 Å². The number of carbonyl (C=O) groups is 2. The second-order valence-corrected chi connectivity index (χ2v) is 7.35. The molecule has 1 aliphatic heterocycles. The van der Waals surface area contributed by atoms with E-state index in [1.165, 1.54) is 4.90 Å². The van der Waals surface area contributed by atoms with Crippen molar-refractivity contribution in [3.05, 3.63) is 65.4 Å². The summed E-state index contributed by atoms with van der Waals surface area (Å²) in [6.45, 7) is 8.70. The number of hydrogen-bond donors (Lipinski definition) is 1. The van der Waals surface area contributed by atoms with Gasteiger partial charge in [-0.25, -0.2) is 0 Å². The smallest absolute Gasteiger partial charge is 0.278 e. The van der Waals surface area contributed by atoms with Crippen molar-refractivity contribution in [2.24, 2.45) is 0 Å². The van der Waals surface area contributed by atoms with Crippen molar-refractivity contribution in [3.8, 4) is 5.75 Å². The first kappa shape index (κ1) is 21.6. The van der Waals surface area contributed by atoms with Crippen LogP contribution in [-0.2, 0) is 14.3 Å². The number of nitrogens with zero attached hydrogens (tertiary/aromatic N) is 1. The highest BCUT2D eigenvalue weighted by Crippen LogP contribution is 2.33. The van der Waals surface area contributed by atoms with Gasteiger partial charge in [0.25, 0.3) is 11.8 Å². The molecule has 0 saturated carbocycles. The van der Waals surface area contributed by atoms with E-state index in [0.717, 1.165) is 5.56 Å². The molecule has 0 unspecified atom stereocenters. The molecule has 2 aromatic rings. The highest BCUT2D eigenvalue weighted by atomic mass is 16.5. The molecule has 1 N–H and O–H groups in total. The Morgan fingerprint density at radius 1 is 1.00 bits per heavy atom. The second-order valence-electron chi connectivity index (χ2n) is 7.35. The van der Waals surface area contributed by atoms with Gasteiger partial charge < -0.3 is 14.8 Å². The fraction of sp³-hybridized carbons (Fsp3) is 0.333. The monoisotopic (exact) mass is 408 g/mol. The van der Waals surface area contributed by atoms with Crippen LogP contribution in [0.5, 0.6) is 5.75 Å². The lowest BCUT2D eigenvalue weighted by Gasteiger charge is -2.17. The van der Waals surface area contributed by atoms with Crippen molar-refractivity contribution in [3.63, 3.8) is 0 Å². The van der Waals surface area contributed by atoms with E-state index in [2.05, 4.69) is 5.32 Å². The number of ether oxygens (including phenoxy) is 2. The number of hydrogen-bond acceptors (Lipinski definition) is 5. The molecule has 1 heterocycles. The number of carbonyl (C=O) groups excluding carboxylic acids is 2. The SMILES string of the molecule is CCOc1ccccc1NC1=C(c2ccc(C)cc2)C(=O)N(CCOC(C)C)C1=O. The van der Waals surface area contributed by atoms with Crippen LogP contribution in [0.4, 0.5) is 5.69 Å². The molecule has 0 radical (unpaired) electrons. The van der Waals surface area contributed by atoms with Gasteiger partial charge >= 0.3 is 0 Å². The lowest BCUT2D eigenvalue weighted by molar-refractivity contribution is -0.137. The summed E-state index contributed by atoms with van der Waals surface area (Å²) in [5, 5.41) is 3.17. The van der Waals surface area contributed by atoms with Gasteiger partial charge in [0.2, 0.25) is 0 Å². The van der Waals surface area contributed by atoms with E-state index in [0.29, 0.717) is 35.8 Å². The van der Waals surface area contributed by atoms with Crippen LogP contribution in [0.2, 0.25) is 0 Å². The number of para-hydroxylation sites is 2. The van der Waals surface area contributed by atoms with Gasteiger partial charge in [-0.3, -0.25) is 14.5 Å². The molecule has 1 aliphatic rings. The average Bonchev–Trinajstić information content (AvgIpc) is 2.94. The van der Waals surface area contributed by atoms with Gasteiger partial charge in [-0.05, 0) is 45.4 Å². The number of anilines is 1. The fourth-order valence-electron chi connectivity index (χ4n) is 3.25. The van der Waals surface area contributed by atoms with Crippen molar-refractivity contribution in [1.82, 2.24) is 4.90 Å². The van der Waals surface area contributed by atoms with Crippen LogP contribution in [0.1, 0.15) is 31.9 Å². The van der Waals surface area contributed by atoms with Crippen molar-refractivity contribution in [2.75, 3.05) is 25.1 Å². The quantitative estimate of drug-likeness (QED) is 0.635. The minimum absolute atomic E-state index is 0.0259. The summed E-state index contributed by atoms with van der Waals surface area (Å²) in [7, 11) is 0. The molecule has 0 atom stereocenters. The molecular weight excluding hydrogens is 380 g/mol. The highest BCUT2D eigenvalue weighted by Gasteiger charge is 2.39. The molecule has 0 spiro atoms. The van der Waals surface area contributed by atoms with Crippen LogP contribution in [0.3, 0.4) is 0 Å². The largest absolute Gasteiger partial charge is 0.492 e. The summed E-state index contributed by atoms with van der Waals surface area (Å²) in [5.74, 6) is -0.0700. The van der Waals surface area contributed by atoms with Crippen molar-refractivity contribution in [2.45, 2.75) is 33.8 Å². The van der Waals surface area contributed by atoms with E-state index in [1.54, 1.807) is 0 Å². The Morgan fingerprint density at radius 3 is 2.37 bits per heavy atom. The Hall–Kier alpha value is -3.12. The molecule has 30 heavy (non-hydrogen) atoms. The number of benzene rings is 2. The van der Waals surface area contributed by atoms with Crippen molar-refractivity contribution < 1.29 is 19.1 Å². The number of rotatable bonds is 9. The van der Waals surface area contributed by atoms with Crippen molar-refractivity contribution in [1.29, 1.82) is 0 Å². The maximum Gasteiger partial charge on any atom is 0.278 e. The minimum atomic E-state index is -0.366. The Bertz CT molecular complexity index is 948. The third-order valence-corrected chi connectivity index (χ3v) is 4.72. The number of amides is 2. The predicted octanol–water partition coefficient (Wildman–Crippen LogP) is 4.01. The standard InChI is InChI=1S/C24H28N2O4/c1-5-29-20-9-7-6-8-19(20)25-22-21(18-12-10-17(4)11-13-18)23(27)26(24(22)28)14-15-30-16(2)3/h6-13,16,25H,5,14-15H2,1-4H3. The van der Waals surface area contributed by atoms with E-state index in [-0.39, 0.29) is 30.2 Å². The Kier molecular flexibility index (Phi) is 6.90. The summed E-state index contributed by atoms with van der Waals surface area (Å²) >= 11 is 0. The zero-order valence-corrected chi connectivity index (χ0v) is 17.9. The number of aryl methyl sites for hydroxylation is 1. The summed E-state index contributed by atoms with van der Waals surface area (Å²) in [4.78, 5) is 27.7. The summed E-state index contributed by atoms with van der Waals surface area (Å²) in [6.07, 6.45) is 0.0259. The van der Waals surface area contributed by atoms with Crippen LogP contribution < -0.4 is 10.1 Å². The third kappa shape index (κ3) is 4.71. The number of imide groups is 1. The lowest BCUT2D eigenvalue weighted by atomic mass is 10.0.